The van der Waals surface area contributed by atoms with Gasteiger partial charge in [-0.25, -0.2) is 4.79 Å². The molecule has 1 heterocycles. The lowest BCUT2D eigenvalue weighted by atomic mass is 10.0. The van der Waals surface area contributed by atoms with E-state index in [-0.39, 0.29) is 22.3 Å². The van der Waals surface area contributed by atoms with E-state index in [0.29, 0.717) is 11.3 Å². The maximum Gasteiger partial charge on any atom is 0.372 e. The van der Waals surface area contributed by atoms with Gasteiger partial charge < -0.3 is 24.5 Å². The number of carboxylic acids is 1. The van der Waals surface area contributed by atoms with Crippen LogP contribution < -0.4 is 10.2 Å². The molecule has 0 unspecified atom stereocenters. The Morgan fingerprint density at radius 3 is 2.38 bits per heavy atom. The first-order valence-corrected chi connectivity index (χ1v) is 6.83. The van der Waals surface area contributed by atoms with Gasteiger partial charge in [0.05, 0.1) is 12.7 Å². The maximum atomic E-state index is 12.7. The molecule has 0 aliphatic carbocycles. The van der Waals surface area contributed by atoms with Crippen LogP contribution in [0.25, 0.3) is 22.1 Å². The van der Waals surface area contributed by atoms with Crippen molar-refractivity contribution >= 4 is 16.9 Å². The van der Waals surface area contributed by atoms with Gasteiger partial charge in [0, 0.05) is 12.1 Å². The molecule has 7 heteroatoms. The third-order valence-electron chi connectivity index (χ3n) is 3.53. The van der Waals surface area contributed by atoms with Crippen LogP contribution in [0.1, 0.15) is 10.6 Å². The number of methoxy groups -OCH3 is 1. The Morgan fingerprint density at radius 2 is 1.79 bits per heavy atom. The van der Waals surface area contributed by atoms with Crippen molar-refractivity contribution in [3.05, 3.63) is 52.4 Å². The first kappa shape index (κ1) is 15.4. The Kier molecular flexibility index (Phi) is 3.61. The summed E-state index contributed by atoms with van der Waals surface area (Å²) in [6.07, 6.45) is 0. The zero-order valence-electron chi connectivity index (χ0n) is 12.4. The molecule has 122 valence electrons. The summed E-state index contributed by atoms with van der Waals surface area (Å²) in [6.45, 7) is 0. The number of carbonyl (C=O) groups is 1. The van der Waals surface area contributed by atoms with E-state index in [4.69, 9.17) is 9.15 Å². The standard InChI is InChI=1S/C17H12O7/c1-23-10-4-2-8(3-5-10)13-15(20)14-11(19)6-9(18)7-12(14)24-16(13)17(21)22/h2-7,18-19H,1H3,(H,21,22). The second kappa shape index (κ2) is 5.62. The minimum Gasteiger partial charge on any atom is -0.508 e. The molecule has 0 aliphatic rings. The van der Waals surface area contributed by atoms with Gasteiger partial charge in [-0.1, -0.05) is 12.1 Å². The summed E-state index contributed by atoms with van der Waals surface area (Å²) in [7, 11) is 1.48. The van der Waals surface area contributed by atoms with E-state index in [0.717, 1.165) is 12.1 Å². The van der Waals surface area contributed by atoms with Crippen LogP contribution >= 0.6 is 0 Å². The Bertz CT molecular complexity index is 1000. The van der Waals surface area contributed by atoms with Gasteiger partial charge in [0.1, 0.15) is 28.2 Å². The molecule has 2 aromatic carbocycles. The van der Waals surface area contributed by atoms with Crippen LogP contribution in [0.2, 0.25) is 0 Å². The van der Waals surface area contributed by atoms with Gasteiger partial charge in [-0.2, -0.15) is 0 Å². The van der Waals surface area contributed by atoms with E-state index in [1.54, 1.807) is 12.1 Å². The number of benzene rings is 2. The number of aromatic carboxylic acids is 1. The first-order valence-electron chi connectivity index (χ1n) is 6.83. The summed E-state index contributed by atoms with van der Waals surface area (Å²) < 4.78 is 10.3. The molecule has 0 amide bonds. The number of aromatic hydroxyl groups is 2. The van der Waals surface area contributed by atoms with E-state index < -0.39 is 22.9 Å². The third kappa shape index (κ3) is 2.41. The summed E-state index contributed by atoms with van der Waals surface area (Å²) in [4.78, 5) is 24.2. The molecule has 0 aliphatic heterocycles. The van der Waals surface area contributed by atoms with Crippen molar-refractivity contribution in [1.82, 2.24) is 0 Å². The molecule has 3 aromatic rings. The Balaban J connectivity index is 2.40. The molecule has 0 radical (unpaired) electrons. The number of hydrogen-bond acceptors (Lipinski definition) is 6. The molecule has 0 fully saturated rings. The second-order valence-electron chi connectivity index (χ2n) is 5.01. The van der Waals surface area contributed by atoms with Crippen molar-refractivity contribution in [3.63, 3.8) is 0 Å². The molecular formula is C17H12O7. The van der Waals surface area contributed by atoms with Crippen molar-refractivity contribution in [3.8, 4) is 28.4 Å². The van der Waals surface area contributed by atoms with Gasteiger partial charge in [-0.05, 0) is 17.7 Å². The highest BCUT2D eigenvalue weighted by molar-refractivity contribution is 5.98. The lowest BCUT2D eigenvalue weighted by Gasteiger charge is -2.09. The van der Waals surface area contributed by atoms with Crippen molar-refractivity contribution in [2.45, 2.75) is 0 Å². The number of carboxylic acid groups (broad SMARTS) is 1. The molecule has 24 heavy (non-hydrogen) atoms. The molecule has 0 saturated heterocycles. The minimum atomic E-state index is -1.44. The second-order valence-corrected chi connectivity index (χ2v) is 5.01. The summed E-state index contributed by atoms with van der Waals surface area (Å²) >= 11 is 0. The predicted octanol–water partition coefficient (Wildman–Crippen LogP) is 2.58. The first-order chi connectivity index (χ1) is 11.4. The van der Waals surface area contributed by atoms with Crippen LogP contribution in [0.4, 0.5) is 0 Å². The van der Waals surface area contributed by atoms with Crippen LogP contribution in [0.5, 0.6) is 17.2 Å². The quantitative estimate of drug-likeness (QED) is 0.676. The summed E-state index contributed by atoms with van der Waals surface area (Å²) in [5.74, 6) is -2.33. The Hall–Kier alpha value is -3.48. The Morgan fingerprint density at radius 1 is 1.12 bits per heavy atom. The zero-order chi connectivity index (χ0) is 17.4. The summed E-state index contributed by atoms with van der Waals surface area (Å²) in [6, 6.07) is 8.22. The molecule has 7 nitrogen and oxygen atoms in total. The minimum absolute atomic E-state index is 0.196. The van der Waals surface area contributed by atoms with E-state index in [1.165, 1.54) is 19.2 Å². The molecule has 3 N–H and O–H groups in total. The highest BCUT2D eigenvalue weighted by atomic mass is 16.5. The lowest BCUT2D eigenvalue weighted by molar-refractivity contribution is 0.0664. The lowest BCUT2D eigenvalue weighted by Crippen LogP contribution is -2.12. The summed E-state index contributed by atoms with van der Waals surface area (Å²) in [5, 5.41) is 28.6. The van der Waals surface area contributed by atoms with Crippen molar-refractivity contribution in [2.75, 3.05) is 7.11 Å². The average molecular weight is 328 g/mol. The third-order valence-corrected chi connectivity index (χ3v) is 3.53. The van der Waals surface area contributed by atoms with Crippen molar-refractivity contribution in [2.24, 2.45) is 0 Å². The topological polar surface area (TPSA) is 117 Å². The summed E-state index contributed by atoms with van der Waals surface area (Å²) in [5.41, 5.74) is -0.821. The molecule has 0 saturated carbocycles. The molecule has 0 spiro atoms. The Labute approximate surface area is 135 Å². The number of hydrogen-bond donors (Lipinski definition) is 3. The number of ether oxygens (including phenoxy) is 1. The normalized spacial score (nSPS) is 10.7. The van der Waals surface area contributed by atoms with Crippen LogP contribution in [0.15, 0.2) is 45.6 Å². The highest BCUT2D eigenvalue weighted by Crippen LogP contribution is 2.32. The van der Waals surface area contributed by atoms with Crippen LogP contribution in [0, 0.1) is 0 Å². The average Bonchev–Trinajstić information content (AvgIpc) is 2.54. The van der Waals surface area contributed by atoms with E-state index in [2.05, 4.69) is 0 Å². The smallest absolute Gasteiger partial charge is 0.372 e. The SMILES string of the molecule is COc1ccc(-c2c(C(=O)O)oc3cc(O)cc(O)c3c2=O)cc1. The van der Waals surface area contributed by atoms with Gasteiger partial charge in [-0.15, -0.1) is 0 Å². The largest absolute Gasteiger partial charge is 0.508 e. The van der Waals surface area contributed by atoms with Gasteiger partial charge in [0.15, 0.2) is 0 Å². The van der Waals surface area contributed by atoms with Gasteiger partial charge in [-0.3, -0.25) is 4.79 Å². The molecular weight excluding hydrogens is 316 g/mol. The van der Waals surface area contributed by atoms with Crippen LogP contribution in [-0.4, -0.2) is 28.4 Å². The number of rotatable bonds is 3. The van der Waals surface area contributed by atoms with E-state index in [9.17, 15) is 24.9 Å². The van der Waals surface area contributed by atoms with Crippen LogP contribution in [0.3, 0.4) is 0 Å². The number of phenolic OH excluding ortho intramolecular Hbond substituents is 2. The van der Waals surface area contributed by atoms with Gasteiger partial charge >= 0.3 is 5.97 Å². The van der Waals surface area contributed by atoms with E-state index in [1.807, 2.05) is 0 Å². The highest BCUT2D eigenvalue weighted by Gasteiger charge is 2.23. The maximum absolute atomic E-state index is 12.7. The fourth-order valence-electron chi connectivity index (χ4n) is 2.45. The fraction of sp³-hybridized carbons (Fsp3) is 0.0588. The zero-order valence-corrected chi connectivity index (χ0v) is 12.4. The fourth-order valence-corrected chi connectivity index (χ4v) is 2.45. The van der Waals surface area contributed by atoms with Crippen LogP contribution in [-0.2, 0) is 0 Å². The van der Waals surface area contributed by atoms with Gasteiger partial charge in [0.2, 0.25) is 11.2 Å². The van der Waals surface area contributed by atoms with Crippen molar-refractivity contribution < 1.29 is 29.3 Å². The monoisotopic (exact) mass is 328 g/mol. The predicted molar refractivity (Wildman–Crippen MR) is 84.8 cm³/mol. The molecule has 1 aromatic heterocycles. The molecule has 0 bridgehead atoms. The van der Waals surface area contributed by atoms with Gasteiger partial charge in [0.25, 0.3) is 0 Å². The van der Waals surface area contributed by atoms with E-state index >= 15 is 0 Å². The molecule has 3 rings (SSSR count). The molecule has 0 atom stereocenters. The number of phenols is 2. The number of fused-ring (bicyclic) bond motifs is 1. The van der Waals surface area contributed by atoms with Crippen molar-refractivity contribution in [1.29, 1.82) is 0 Å².